The number of carbonyl (C=O) groups is 2. The second-order valence-electron chi connectivity index (χ2n) is 5.84. The second-order valence-corrected chi connectivity index (χ2v) is 5.84. The molecule has 1 aliphatic heterocycles. The Labute approximate surface area is 114 Å². The smallest absolute Gasteiger partial charge is 0.244 e. The molecule has 2 N–H and O–H groups in total. The van der Waals surface area contributed by atoms with E-state index in [4.69, 9.17) is 0 Å². The maximum atomic E-state index is 12.1. The summed E-state index contributed by atoms with van der Waals surface area (Å²) in [5.74, 6) is -0.236. The molecule has 1 saturated heterocycles. The van der Waals surface area contributed by atoms with Crippen LogP contribution >= 0.6 is 0 Å². The largest absolute Gasteiger partial charge is 0.389 e. The molecule has 6 heteroatoms. The van der Waals surface area contributed by atoms with Crippen LogP contribution in [0.2, 0.25) is 0 Å². The summed E-state index contributed by atoms with van der Waals surface area (Å²) in [5, 5.41) is 12.4. The Morgan fingerprint density at radius 2 is 1.79 bits per heavy atom. The molecule has 0 aromatic rings. The zero-order chi connectivity index (χ0) is 14.6. The van der Waals surface area contributed by atoms with Gasteiger partial charge in [-0.05, 0) is 20.8 Å². The van der Waals surface area contributed by atoms with E-state index in [2.05, 4.69) is 10.2 Å². The van der Waals surface area contributed by atoms with E-state index < -0.39 is 11.6 Å². The van der Waals surface area contributed by atoms with Gasteiger partial charge in [0.15, 0.2) is 0 Å². The highest BCUT2D eigenvalue weighted by Gasteiger charge is 2.27. The van der Waals surface area contributed by atoms with Gasteiger partial charge in [-0.1, -0.05) is 0 Å². The van der Waals surface area contributed by atoms with Crippen LogP contribution in [-0.4, -0.2) is 71.1 Å². The summed E-state index contributed by atoms with van der Waals surface area (Å²) < 4.78 is 0. The summed E-state index contributed by atoms with van der Waals surface area (Å²) in [6.07, 6.45) is 0. The number of hydrogen-bond donors (Lipinski definition) is 2. The minimum atomic E-state index is -0.713. The number of piperazine rings is 1. The summed E-state index contributed by atoms with van der Waals surface area (Å²) >= 11 is 0. The van der Waals surface area contributed by atoms with Crippen LogP contribution in [0.3, 0.4) is 0 Å². The van der Waals surface area contributed by atoms with Crippen molar-refractivity contribution < 1.29 is 14.7 Å². The minimum Gasteiger partial charge on any atom is -0.389 e. The van der Waals surface area contributed by atoms with Crippen LogP contribution < -0.4 is 5.32 Å². The Kier molecular flexibility index (Phi) is 5.31. The molecule has 0 aliphatic carbocycles. The lowest BCUT2D eigenvalue weighted by Crippen LogP contribution is -2.55. The van der Waals surface area contributed by atoms with Crippen molar-refractivity contribution in [2.24, 2.45) is 0 Å². The number of β-amino-alcohol motifs (C(OH)–C–C–N with tert-alkyl or cyclic N) is 1. The van der Waals surface area contributed by atoms with E-state index in [1.807, 2.05) is 0 Å². The van der Waals surface area contributed by atoms with Gasteiger partial charge in [-0.15, -0.1) is 0 Å². The molecule has 1 fully saturated rings. The Morgan fingerprint density at radius 3 is 2.21 bits per heavy atom. The van der Waals surface area contributed by atoms with Gasteiger partial charge in [0.2, 0.25) is 11.8 Å². The Hall–Kier alpha value is -1.14. The quantitative estimate of drug-likeness (QED) is 0.718. The molecule has 0 aromatic heterocycles. The standard InChI is InChI=1S/C13H25N3O3/c1-10(14-11(2)17)12(18)16-7-5-15(6-8-16)9-13(3,4)19/h10,19H,5-9H2,1-4H3,(H,14,17)/t10-/m1/s1. The zero-order valence-electron chi connectivity index (χ0n) is 12.3. The molecule has 2 amide bonds. The van der Waals surface area contributed by atoms with Crippen LogP contribution in [0.25, 0.3) is 0 Å². The highest BCUT2D eigenvalue weighted by atomic mass is 16.3. The Bertz CT molecular complexity index is 331. The molecule has 1 atom stereocenters. The number of amides is 2. The van der Waals surface area contributed by atoms with Crippen molar-refractivity contribution in [2.45, 2.75) is 39.3 Å². The van der Waals surface area contributed by atoms with Gasteiger partial charge in [-0.25, -0.2) is 0 Å². The van der Waals surface area contributed by atoms with Gasteiger partial charge in [-0.2, -0.15) is 0 Å². The molecule has 0 bridgehead atoms. The lowest BCUT2D eigenvalue weighted by atomic mass is 10.1. The maximum absolute atomic E-state index is 12.1. The predicted octanol–water partition coefficient (Wildman–Crippen LogP) is -0.574. The maximum Gasteiger partial charge on any atom is 0.244 e. The van der Waals surface area contributed by atoms with Crippen molar-refractivity contribution in [3.8, 4) is 0 Å². The number of nitrogens with zero attached hydrogens (tertiary/aromatic N) is 2. The molecule has 0 spiro atoms. The molecule has 0 radical (unpaired) electrons. The van der Waals surface area contributed by atoms with Gasteiger partial charge in [0.05, 0.1) is 5.60 Å². The molecule has 19 heavy (non-hydrogen) atoms. The molecule has 0 unspecified atom stereocenters. The lowest BCUT2D eigenvalue weighted by molar-refractivity contribution is -0.137. The number of aliphatic hydroxyl groups is 1. The summed E-state index contributed by atoms with van der Waals surface area (Å²) in [6.45, 7) is 10.1. The average molecular weight is 271 g/mol. The van der Waals surface area contributed by atoms with Crippen LogP contribution in [-0.2, 0) is 9.59 Å². The molecular formula is C13H25N3O3. The monoisotopic (exact) mass is 271 g/mol. The van der Waals surface area contributed by atoms with Crippen LogP contribution in [0, 0.1) is 0 Å². The second kappa shape index (κ2) is 6.34. The summed E-state index contributed by atoms with van der Waals surface area (Å²) in [4.78, 5) is 26.9. The van der Waals surface area contributed by atoms with Crippen LogP contribution in [0.15, 0.2) is 0 Å². The summed E-state index contributed by atoms with van der Waals surface area (Å²) in [7, 11) is 0. The number of nitrogens with one attached hydrogen (secondary N) is 1. The highest BCUT2D eigenvalue weighted by molar-refractivity contribution is 5.86. The van der Waals surface area contributed by atoms with E-state index in [0.29, 0.717) is 19.6 Å². The SMILES string of the molecule is CC(=O)N[C@H](C)C(=O)N1CCN(CC(C)(C)O)CC1. The third-order valence-corrected chi connectivity index (χ3v) is 3.08. The third-order valence-electron chi connectivity index (χ3n) is 3.08. The molecule has 6 nitrogen and oxygen atoms in total. The topological polar surface area (TPSA) is 72.9 Å². The molecule has 110 valence electrons. The van der Waals surface area contributed by atoms with E-state index >= 15 is 0 Å². The first-order valence-electron chi connectivity index (χ1n) is 6.69. The average Bonchev–Trinajstić information content (AvgIpc) is 2.26. The summed E-state index contributed by atoms with van der Waals surface area (Å²) in [5.41, 5.74) is -0.713. The van der Waals surface area contributed by atoms with Gasteiger partial charge >= 0.3 is 0 Å². The number of hydrogen-bond acceptors (Lipinski definition) is 4. The lowest BCUT2D eigenvalue weighted by Gasteiger charge is -2.38. The fraction of sp³-hybridized carbons (Fsp3) is 0.846. The fourth-order valence-corrected chi connectivity index (χ4v) is 2.31. The van der Waals surface area contributed by atoms with Gasteiger partial charge in [0, 0.05) is 39.6 Å². The zero-order valence-corrected chi connectivity index (χ0v) is 12.3. The van der Waals surface area contributed by atoms with E-state index in [0.717, 1.165) is 13.1 Å². The molecule has 1 rings (SSSR count). The predicted molar refractivity (Wildman–Crippen MR) is 72.6 cm³/mol. The molecular weight excluding hydrogens is 246 g/mol. The first kappa shape index (κ1) is 15.9. The van der Waals surface area contributed by atoms with E-state index in [-0.39, 0.29) is 11.8 Å². The number of carbonyl (C=O) groups excluding carboxylic acids is 2. The van der Waals surface area contributed by atoms with Crippen molar-refractivity contribution in [3.05, 3.63) is 0 Å². The Balaban J connectivity index is 2.41. The molecule has 1 aliphatic rings. The third kappa shape index (κ3) is 5.57. The van der Waals surface area contributed by atoms with Gasteiger partial charge in [-0.3, -0.25) is 14.5 Å². The fourth-order valence-electron chi connectivity index (χ4n) is 2.31. The van der Waals surface area contributed by atoms with Crippen molar-refractivity contribution in [1.82, 2.24) is 15.1 Å². The summed E-state index contributed by atoms with van der Waals surface area (Å²) in [6, 6.07) is -0.474. The van der Waals surface area contributed by atoms with E-state index in [1.54, 1.807) is 25.7 Å². The highest BCUT2D eigenvalue weighted by Crippen LogP contribution is 2.09. The molecule has 1 heterocycles. The van der Waals surface area contributed by atoms with E-state index in [9.17, 15) is 14.7 Å². The van der Waals surface area contributed by atoms with E-state index in [1.165, 1.54) is 6.92 Å². The molecule has 0 aromatic carbocycles. The van der Waals surface area contributed by atoms with Crippen LogP contribution in [0.5, 0.6) is 0 Å². The van der Waals surface area contributed by atoms with Crippen LogP contribution in [0.1, 0.15) is 27.7 Å². The minimum absolute atomic E-state index is 0.0434. The van der Waals surface area contributed by atoms with Crippen molar-refractivity contribution >= 4 is 11.8 Å². The Morgan fingerprint density at radius 1 is 1.26 bits per heavy atom. The van der Waals surface area contributed by atoms with Gasteiger partial charge in [0.1, 0.15) is 6.04 Å². The number of rotatable bonds is 4. The van der Waals surface area contributed by atoms with Crippen molar-refractivity contribution in [3.63, 3.8) is 0 Å². The first-order valence-corrected chi connectivity index (χ1v) is 6.69. The van der Waals surface area contributed by atoms with Crippen LogP contribution in [0.4, 0.5) is 0 Å². The normalized spacial score (nSPS) is 19.1. The van der Waals surface area contributed by atoms with Crippen molar-refractivity contribution in [2.75, 3.05) is 32.7 Å². The van der Waals surface area contributed by atoms with Gasteiger partial charge < -0.3 is 15.3 Å². The first-order chi connectivity index (χ1) is 8.69. The van der Waals surface area contributed by atoms with Gasteiger partial charge in [0.25, 0.3) is 0 Å². The molecule has 0 saturated carbocycles. The van der Waals surface area contributed by atoms with Crippen molar-refractivity contribution in [1.29, 1.82) is 0 Å².